The first-order valence-corrected chi connectivity index (χ1v) is 7.21. The standard InChI is InChI=1S/C14H21ClN2O2/c1-3-11-9-17(10(2)18)7-6-13(11)16-8-12-4-5-14(15)19-12/h4-5,11,13,16H,3,6-9H2,1-2H3/t11-,13-/m1/s1. The summed E-state index contributed by atoms with van der Waals surface area (Å²) in [7, 11) is 0. The number of hydrogen-bond donors (Lipinski definition) is 1. The van der Waals surface area contributed by atoms with Gasteiger partial charge >= 0.3 is 0 Å². The maximum atomic E-state index is 11.4. The van der Waals surface area contributed by atoms with Crippen LogP contribution in [0.25, 0.3) is 0 Å². The van der Waals surface area contributed by atoms with Gasteiger partial charge in [0.25, 0.3) is 0 Å². The third kappa shape index (κ3) is 3.74. The number of piperidine rings is 1. The molecule has 2 rings (SSSR count). The molecular formula is C14H21ClN2O2. The van der Waals surface area contributed by atoms with Crippen molar-refractivity contribution >= 4 is 17.5 Å². The van der Waals surface area contributed by atoms with Crippen molar-refractivity contribution in [2.75, 3.05) is 13.1 Å². The third-order valence-electron chi connectivity index (χ3n) is 3.87. The van der Waals surface area contributed by atoms with Gasteiger partial charge in [-0.2, -0.15) is 0 Å². The molecule has 1 amide bonds. The van der Waals surface area contributed by atoms with Crippen molar-refractivity contribution in [1.29, 1.82) is 0 Å². The van der Waals surface area contributed by atoms with Crippen molar-refractivity contribution in [2.24, 2.45) is 5.92 Å². The molecule has 1 N–H and O–H groups in total. The van der Waals surface area contributed by atoms with Crippen LogP contribution in [0.2, 0.25) is 5.22 Å². The fraction of sp³-hybridized carbons (Fsp3) is 0.643. The van der Waals surface area contributed by atoms with Gasteiger partial charge in [0.05, 0.1) is 6.54 Å². The van der Waals surface area contributed by atoms with Crippen molar-refractivity contribution in [1.82, 2.24) is 10.2 Å². The zero-order chi connectivity index (χ0) is 13.8. The smallest absolute Gasteiger partial charge is 0.219 e. The lowest BCUT2D eigenvalue weighted by atomic mass is 9.90. The van der Waals surface area contributed by atoms with Crippen LogP contribution in [0.15, 0.2) is 16.5 Å². The molecule has 1 aromatic rings. The van der Waals surface area contributed by atoms with Crippen LogP contribution in [0, 0.1) is 5.92 Å². The molecule has 1 aromatic heterocycles. The number of nitrogens with one attached hydrogen (secondary N) is 1. The molecule has 0 radical (unpaired) electrons. The molecule has 1 aliphatic heterocycles. The largest absolute Gasteiger partial charge is 0.448 e. The van der Waals surface area contributed by atoms with Gasteiger partial charge in [0.2, 0.25) is 5.91 Å². The monoisotopic (exact) mass is 284 g/mol. The molecule has 106 valence electrons. The lowest BCUT2D eigenvalue weighted by Crippen LogP contribution is -2.50. The summed E-state index contributed by atoms with van der Waals surface area (Å²) in [6.07, 6.45) is 2.06. The summed E-state index contributed by atoms with van der Waals surface area (Å²) in [4.78, 5) is 13.4. The van der Waals surface area contributed by atoms with E-state index in [2.05, 4.69) is 12.2 Å². The second-order valence-corrected chi connectivity index (χ2v) is 5.49. The molecule has 19 heavy (non-hydrogen) atoms. The van der Waals surface area contributed by atoms with Crippen LogP contribution in [-0.4, -0.2) is 29.9 Å². The summed E-state index contributed by atoms with van der Waals surface area (Å²) in [6.45, 7) is 6.19. The summed E-state index contributed by atoms with van der Waals surface area (Å²) in [5, 5.41) is 3.95. The molecular weight excluding hydrogens is 264 g/mol. The molecule has 0 spiro atoms. The average Bonchev–Trinajstić information content (AvgIpc) is 2.81. The third-order valence-corrected chi connectivity index (χ3v) is 4.07. The lowest BCUT2D eigenvalue weighted by Gasteiger charge is -2.38. The Morgan fingerprint density at radius 2 is 2.37 bits per heavy atom. The van der Waals surface area contributed by atoms with E-state index in [1.54, 1.807) is 13.0 Å². The van der Waals surface area contributed by atoms with Crippen LogP contribution in [0.5, 0.6) is 0 Å². The number of amides is 1. The van der Waals surface area contributed by atoms with Gasteiger partial charge in [-0.05, 0) is 36.1 Å². The van der Waals surface area contributed by atoms with Crippen molar-refractivity contribution < 1.29 is 9.21 Å². The van der Waals surface area contributed by atoms with Gasteiger partial charge in [0.1, 0.15) is 5.76 Å². The second kappa shape index (κ2) is 6.44. The lowest BCUT2D eigenvalue weighted by molar-refractivity contribution is -0.131. The highest BCUT2D eigenvalue weighted by Crippen LogP contribution is 2.21. The summed E-state index contributed by atoms with van der Waals surface area (Å²) >= 11 is 5.75. The van der Waals surface area contributed by atoms with Crippen LogP contribution >= 0.6 is 11.6 Å². The maximum Gasteiger partial charge on any atom is 0.219 e. The van der Waals surface area contributed by atoms with Crippen molar-refractivity contribution in [2.45, 2.75) is 39.3 Å². The Labute approximate surface area is 119 Å². The van der Waals surface area contributed by atoms with Gasteiger partial charge < -0.3 is 14.6 Å². The van der Waals surface area contributed by atoms with E-state index in [9.17, 15) is 4.79 Å². The number of furan rings is 1. The zero-order valence-corrected chi connectivity index (χ0v) is 12.2. The normalized spacial score (nSPS) is 23.6. The number of likely N-dealkylation sites (tertiary alicyclic amines) is 1. The second-order valence-electron chi connectivity index (χ2n) is 5.12. The Bertz CT molecular complexity index is 433. The van der Waals surface area contributed by atoms with Crippen LogP contribution in [0.1, 0.15) is 32.4 Å². The fourth-order valence-corrected chi connectivity index (χ4v) is 2.84. The number of carbonyl (C=O) groups is 1. The first-order chi connectivity index (χ1) is 9.10. The van der Waals surface area contributed by atoms with Crippen LogP contribution in [0.4, 0.5) is 0 Å². The van der Waals surface area contributed by atoms with E-state index in [4.69, 9.17) is 16.0 Å². The van der Waals surface area contributed by atoms with E-state index in [1.807, 2.05) is 11.0 Å². The Morgan fingerprint density at radius 3 is 2.95 bits per heavy atom. The summed E-state index contributed by atoms with van der Waals surface area (Å²) in [5.41, 5.74) is 0. The molecule has 2 atom stereocenters. The number of nitrogens with zero attached hydrogens (tertiary/aromatic N) is 1. The highest BCUT2D eigenvalue weighted by molar-refractivity contribution is 6.28. The van der Waals surface area contributed by atoms with Crippen LogP contribution in [0.3, 0.4) is 0 Å². The predicted molar refractivity (Wildman–Crippen MR) is 75.0 cm³/mol. The van der Waals surface area contributed by atoms with E-state index in [0.29, 0.717) is 23.7 Å². The van der Waals surface area contributed by atoms with Gasteiger partial charge in [0, 0.05) is 26.1 Å². The topological polar surface area (TPSA) is 45.5 Å². The molecule has 0 saturated carbocycles. The summed E-state index contributed by atoms with van der Waals surface area (Å²) in [6, 6.07) is 4.08. The van der Waals surface area contributed by atoms with Gasteiger partial charge in [-0.3, -0.25) is 4.79 Å². The molecule has 5 heteroatoms. The molecule has 0 bridgehead atoms. The van der Waals surface area contributed by atoms with E-state index in [-0.39, 0.29) is 5.91 Å². The molecule has 4 nitrogen and oxygen atoms in total. The van der Waals surface area contributed by atoms with Gasteiger partial charge in [0.15, 0.2) is 5.22 Å². The molecule has 1 saturated heterocycles. The Kier molecular flexibility index (Phi) is 4.88. The highest BCUT2D eigenvalue weighted by Gasteiger charge is 2.28. The Morgan fingerprint density at radius 1 is 1.58 bits per heavy atom. The van der Waals surface area contributed by atoms with Crippen LogP contribution < -0.4 is 5.32 Å². The molecule has 1 fully saturated rings. The first-order valence-electron chi connectivity index (χ1n) is 6.83. The van der Waals surface area contributed by atoms with Crippen molar-refractivity contribution in [3.8, 4) is 0 Å². The van der Waals surface area contributed by atoms with E-state index in [1.165, 1.54) is 0 Å². The molecule has 2 heterocycles. The van der Waals surface area contributed by atoms with Crippen molar-refractivity contribution in [3.05, 3.63) is 23.1 Å². The Balaban J connectivity index is 1.87. The fourth-order valence-electron chi connectivity index (χ4n) is 2.68. The number of halogens is 1. The van der Waals surface area contributed by atoms with Gasteiger partial charge in [-0.1, -0.05) is 13.3 Å². The summed E-state index contributed by atoms with van der Waals surface area (Å²) in [5.74, 6) is 1.53. The summed E-state index contributed by atoms with van der Waals surface area (Å²) < 4.78 is 5.34. The Hall–Kier alpha value is -1.00. The maximum absolute atomic E-state index is 11.4. The zero-order valence-electron chi connectivity index (χ0n) is 11.5. The number of hydrogen-bond acceptors (Lipinski definition) is 3. The van der Waals surface area contributed by atoms with E-state index < -0.39 is 0 Å². The highest BCUT2D eigenvalue weighted by atomic mass is 35.5. The van der Waals surface area contributed by atoms with Gasteiger partial charge in [-0.15, -0.1) is 0 Å². The van der Waals surface area contributed by atoms with Gasteiger partial charge in [-0.25, -0.2) is 0 Å². The first kappa shape index (κ1) is 14.4. The number of rotatable bonds is 4. The predicted octanol–water partition coefficient (Wildman–Crippen LogP) is 2.67. The van der Waals surface area contributed by atoms with Crippen molar-refractivity contribution in [3.63, 3.8) is 0 Å². The average molecular weight is 285 g/mol. The van der Waals surface area contributed by atoms with E-state index >= 15 is 0 Å². The minimum absolute atomic E-state index is 0.176. The minimum atomic E-state index is 0.176. The number of carbonyl (C=O) groups excluding carboxylic acids is 1. The quantitative estimate of drug-likeness (QED) is 0.925. The molecule has 0 aromatic carbocycles. The molecule has 1 aliphatic rings. The van der Waals surface area contributed by atoms with E-state index in [0.717, 1.165) is 31.7 Å². The molecule has 0 aliphatic carbocycles. The SMILES string of the molecule is CC[C@@H]1CN(C(C)=O)CC[C@H]1NCc1ccc(Cl)o1. The minimum Gasteiger partial charge on any atom is -0.448 e. The molecule has 0 unspecified atom stereocenters. The van der Waals surface area contributed by atoms with Crippen LogP contribution in [-0.2, 0) is 11.3 Å².